The molecule has 2 saturated heterocycles. The van der Waals surface area contributed by atoms with Crippen molar-refractivity contribution in [3.05, 3.63) is 0 Å². The van der Waals surface area contributed by atoms with Crippen molar-refractivity contribution in [1.82, 2.24) is 15.5 Å². The summed E-state index contributed by atoms with van der Waals surface area (Å²) in [5.74, 6) is 0.653. The number of nitrogens with one attached hydrogen (secondary N) is 2. The number of hydrogen-bond acceptors (Lipinski definition) is 4. The van der Waals surface area contributed by atoms with Crippen molar-refractivity contribution in [2.75, 3.05) is 45.9 Å². The average molecular weight is 227 g/mol. The summed E-state index contributed by atoms with van der Waals surface area (Å²) in [6.45, 7) is 8.24. The van der Waals surface area contributed by atoms with E-state index in [1.54, 1.807) is 0 Å². The van der Waals surface area contributed by atoms with Gasteiger partial charge in [-0.05, 0) is 6.54 Å². The van der Waals surface area contributed by atoms with E-state index in [1.807, 2.05) is 0 Å². The quantitative estimate of drug-likeness (QED) is 0.650. The second-order valence-corrected chi connectivity index (χ2v) is 4.52. The number of ether oxygens (including phenoxy) is 1. The van der Waals surface area contributed by atoms with Gasteiger partial charge in [-0.15, -0.1) is 0 Å². The fraction of sp³-hybridized carbons (Fsp3) is 0.909. The van der Waals surface area contributed by atoms with Crippen LogP contribution in [-0.2, 0) is 9.53 Å². The minimum Gasteiger partial charge on any atom is -0.366 e. The Bertz CT molecular complexity index is 243. The predicted octanol–water partition coefficient (Wildman–Crippen LogP) is -0.957. The molecule has 16 heavy (non-hydrogen) atoms. The third-order valence-corrected chi connectivity index (χ3v) is 3.32. The van der Waals surface area contributed by atoms with Gasteiger partial charge in [0.15, 0.2) is 0 Å². The van der Waals surface area contributed by atoms with Crippen LogP contribution in [0.15, 0.2) is 0 Å². The Morgan fingerprint density at radius 2 is 2.38 bits per heavy atom. The van der Waals surface area contributed by atoms with Gasteiger partial charge in [-0.25, -0.2) is 0 Å². The fourth-order valence-corrected chi connectivity index (χ4v) is 2.00. The zero-order chi connectivity index (χ0) is 11.4. The van der Waals surface area contributed by atoms with Crippen LogP contribution in [0, 0.1) is 5.92 Å². The molecule has 92 valence electrons. The van der Waals surface area contributed by atoms with Gasteiger partial charge in [0.05, 0.1) is 6.61 Å². The van der Waals surface area contributed by atoms with Crippen LogP contribution in [0.5, 0.6) is 0 Å². The Morgan fingerprint density at radius 1 is 1.56 bits per heavy atom. The zero-order valence-corrected chi connectivity index (χ0v) is 9.87. The standard InChI is InChI=1S/C11H21N3O2/c1-2-14-3-4-16-10(8-14)11(15)13-7-9-5-12-6-9/h9-10,12H,2-8H2,1H3,(H,13,15). The van der Waals surface area contributed by atoms with Crippen LogP contribution in [0.1, 0.15) is 6.92 Å². The summed E-state index contributed by atoms with van der Waals surface area (Å²) < 4.78 is 5.49. The van der Waals surface area contributed by atoms with Crippen molar-refractivity contribution in [2.45, 2.75) is 13.0 Å². The highest BCUT2D eigenvalue weighted by Gasteiger charge is 2.26. The number of nitrogens with zero attached hydrogens (tertiary/aromatic N) is 1. The van der Waals surface area contributed by atoms with Gasteiger partial charge in [0.25, 0.3) is 0 Å². The molecule has 5 nitrogen and oxygen atoms in total. The normalized spacial score (nSPS) is 27.4. The van der Waals surface area contributed by atoms with E-state index in [9.17, 15) is 4.79 Å². The molecule has 0 bridgehead atoms. The highest BCUT2D eigenvalue weighted by molar-refractivity contribution is 5.81. The number of hydrogen-bond donors (Lipinski definition) is 2. The maximum atomic E-state index is 11.8. The van der Waals surface area contributed by atoms with Crippen LogP contribution in [0.4, 0.5) is 0 Å². The first-order chi connectivity index (χ1) is 7.79. The first kappa shape index (κ1) is 11.8. The lowest BCUT2D eigenvalue weighted by Crippen LogP contribution is -2.53. The Labute approximate surface area is 96.5 Å². The van der Waals surface area contributed by atoms with E-state index in [4.69, 9.17) is 4.74 Å². The van der Waals surface area contributed by atoms with E-state index < -0.39 is 0 Å². The summed E-state index contributed by atoms with van der Waals surface area (Å²) in [5, 5.41) is 6.16. The molecule has 0 aromatic heterocycles. The molecule has 1 amide bonds. The number of carbonyl (C=O) groups excluding carboxylic acids is 1. The Kier molecular flexibility index (Phi) is 4.15. The van der Waals surface area contributed by atoms with Gasteiger partial charge >= 0.3 is 0 Å². The van der Waals surface area contributed by atoms with Gasteiger partial charge in [-0.2, -0.15) is 0 Å². The highest BCUT2D eigenvalue weighted by Crippen LogP contribution is 2.06. The molecule has 5 heteroatoms. The van der Waals surface area contributed by atoms with E-state index >= 15 is 0 Å². The number of rotatable bonds is 4. The molecular formula is C11H21N3O2. The van der Waals surface area contributed by atoms with Crippen LogP contribution < -0.4 is 10.6 Å². The second kappa shape index (κ2) is 5.61. The number of likely N-dealkylation sites (N-methyl/N-ethyl adjacent to an activating group) is 1. The minimum atomic E-state index is -0.276. The summed E-state index contributed by atoms with van der Waals surface area (Å²) in [4.78, 5) is 14.1. The maximum absolute atomic E-state index is 11.8. The van der Waals surface area contributed by atoms with E-state index in [2.05, 4.69) is 22.5 Å². The SMILES string of the molecule is CCN1CCOC(C(=O)NCC2CNC2)C1. The minimum absolute atomic E-state index is 0.0463. The molecule has 0 aromatic rings. The third-order valence-electron chi connectivity index (χ3n) is 3.32. The summed E-state index contributed by atoms with van der Waals surface area (Å²) in [7, 11) is 0. The predicted molar refractivity (Wildman–Crippen MR) is 61.2 cm³/mol. The average Bonchev–Trinajstić information content (AvgIpc) is 2.27. The smallest absolute Gasteiger partial charge is 0.250 e. The molecule has 2 N–H and O–H groups in total. The molecule has 1 atom stereocenters. The molecule has 0 saturated carbocycles. The second-order valence-electron chi connectivity index (χ2n) is 4.52. The molecule has 2 aliphatic rings. The van der Waals surface area contributed by atoms with Crippen LogP contribution >= 0.6 is 0 Å². The van der Waals surface area contributed by atoms with Gasteiger partial charge < -0.3 is 15.4 Å². The Morgan fingerprint density at radius 3 is 3.00 bits per heavy atom. The molecule has 2 fully saturated rings. The van der Waals surface area contributed by atoms with Crippen molar-refractivity contribution in [3.8, 4) is 0 Å². The highest BCUT2D eigenvalue weighted by atomic mass is 16.5. The van der Waals surface area contributed by atoms with E-state index in [-0.39, 0.29) is 12.0 Å². The van der Waals surface area contributed by atoms with Crippen LogP contribution in [-0.4, -0.2) is 62.8 Å². The van der Waals surface area contributed by atoms with Gasteiger partial charge in [0.1, 0.15) is 6.10 Å². The van der Waals surface area contributed by atoms with Crippen molar-refractivity contribution in [2.24, 2.45) is 5.92 Å². The van der Waals surface area contributed by atoms with E-state index in [0.717, 1.165) is 39.3 Å². The first-order valence-electron chi connectivity index (χ1n) is 6.12. The summed E-state index contributed by atoms with van der Waals surface area (Å²) in [5.41, 5.74) is 0. The van der Waals surface area contributed by atoms with Crippen molar-refractivity contribution in [3.63, 3.8) is 0 Å². The lowest BCUT2D eigenvalue weighted by Gasteiger charge is -2.32. The lowest BCUT2D eigenvalue weighted by molar-refractivity contribution is -0.138. The largest absolute Gasteiger partial charge is 0.366 e. The molecule has 0 spiro atoms. The molecule has 0 aromatic carbocycles. The van der Waals surface area contributed by atoms with Crippen LogP contribution in [0.25, 0.3) is 0 Å². The number of carbonyl (C=O) groups is 1. The Balaban J connectivity index is 1.70. The lowest BCUT2D eigenvalue weighted by atomic mass is 10.0. The zero-order valence-electron chi connectivity index (χ0n) is 9.87. The molecule has 1 unspecified atom stereocenters. The molecule has 2 aliphatic heterocycles. The summed E-state index contributed by atoms with van der Waals surface area (Å²) in [6.07, 6.45) is -0.276. The van der Waals surface area contributed by atoms with Gasteiger partial charge in [0.2, 0.25) is 5.91 Å². The van der Waals surface area contributed by atoms with Crippen LogP contribution in [0.2, 0.25) is 0 Å². The summed E-state index contributed by atoms with van der Waals surface area (Å²) >= 11 is 0. The number of morpholine rings is 1. The topological polar surface area (TPSA) is 53.6 Å². The third kappa shape index (κ3) is 2.93. The molecular weight excluding hydrogens is 206 g/mol. The summed E-state index contributed by atoms with van der Waals surface area (Å²) in [6, 6.07) is 0. The van der Waals surface area contributed by atoms with Crippen molar-refractivity contribution < 1.29 is 9.53 Å². The van der Waals surface area contributed by atoms with Crippen molar-refractivity contribution in [1.29, 1.82) is 0 Å². The molecule has 0 radical (unpaired) electrons. The van der Waals surface area contributed by atoms with Gasteiger partial charge in [-0.1, -0.05) is 6.92 Å². The van der Waals surface area contributed by atoms with Gasteiger partial charge in [-0.3, -0.25) is 9.69 Å². The molecule has 2 heterocycles. The fourth-order valence-electron chi connectivity index (χ4n) is 2.00. The van der Waals surface area contributed by atoms with E-state index in [1.165, 1.54) is 0 Å². The van der Waals surface area contributed by atoms with Crippen LogP contribution in [0.3, 0.4) is 0 Å². The molecule has 0 aliphatic carbocycles. The molecule has 2 rings (SSSR count). The van der Waals surface area contributed by atoms with Crippen molar-refractivity contribution >= 4 is 5.91 Å². The number of amides is 1. The maximum Gasteiger partial charge on any atom is 0.250 e. The first-order valence-corrected chi connectivity index (χ1v) is 6.12. The van der Waals surface area contributed by atoms with E-state index in [0.29, 0.717) is 12.5 Å². The monoisotopic (exact) mass is 227 g/mol. The Hall–Kier alpha value is -0.650. The van der Waals surface area contributed by atoms with Gasteiger partial charge in [0, 0.05) is 38.6 Å².